The Balaban J connectivity index is 1.96. The maximum absolute atomic E-state index is 6.26. The van der Waals surface area contributed by atoms with Gasteiger partial charge in [-0.3, -0.25) is 4.98 Å². The standard InChI is InChI=1S/C15H10Cl2N3/c16-11-7-10-4-5-13(17)12(15(10)20-8-11)9-19-14-3-1-2-6-18-14/h1-8H,9H2/q+1. The van der Waals surface area contributed by atoms with Crippen LogP contribution in [0.1, 0.15) is 5.56 Å². The van der Waals surface area contributed by atoms with Crippen molar-refractivity contribution in [2.24, 2.45) is 0 Å². The molecule has 0 aliphatic carbocycles. The van der Waals surface area contributed by atoms with Gasteiger partial charge in [-0.2, -0.15) is 4.98 Å². The Kier molecular flexibility index (Phi) is 3.83. The van der Waals surface area contributed by atoms with Gasteiger partial charge in [0, 0.05) is 23.8 Å². The molecule has 0 aliphatic heterocycles. The predicted molar refractivity (Wildman–Crippen MR) is 81.5 cm³/mol. The van der Waals surface area contributed by atoms with Gasteiger partial charge in [0.25, 0.3) is 0 Å². The predicted octanol–water partition coefficient (Wildman–Crippen LogP) is 4.37. The fraction of sp³-hybridized carbons (Fsp3) is 0.0667. The molecule has 5 heteroatoms. The van der Waals surface area contributed by atoms with Crippen LogP contribution in [0.4, 0.5) is 5.82 Å². The van der Waals surface area contributed by atoms with Crippen LogP contribution in [0.25, 0.3) is 10.9 Å². The number of halogens is 2. The molecule has 0 amide bonds. The molecule has 0 saturated carbocycles. The zero-order valence-electron chi connectivity index (χ0n) is 10.4. The third kappa shape index (κ3) is 2.75. The highest BCUT2D eigenvalue weighted by molar-refractivity contribution is 6.33. The number of hydrogen-bond donors (Lipinski definition) is 0. The molecule has 0 unspecified atom stereocenters. The summed E-state index contributed by atoms with van der Waals surface area (Å²) in [6.07, 6.45) is 3.33. The lowest BCUT2D eigenvalue weighted by molar-refractivity contribution is 0.842. The summed E-state index contributed by atoms with van der Waals surface area (Å²) >= 11 is 12.2. The second kappa shape index (κ2) is 5.75. The van der Waals surface area contributed by atoms with E-state index in [9.17, 15) is 0 Å². The maximum atomic E-state index is 6.26. The number of aromatic nitrogens is 2. The van der Waals surface area contributed by atoms with Gasteiger partial charge in [-0.05, 0) is 18.2 Å². The van der Waals surface area contributed by atoms with Crippen molar-refractivity contribution in [3.05, 3.63) is 64.4 Å². The summed E-state index contributed by atoms with van der Waals surface area (Å²) in [6, 6.07) is 11.2. The van der Waals surface area contributed by atoms with Gasteiger partial charge in [-0.15, -0.1) is 0 Å². The van der Waals surface area contributed by atoms with Gasteiger partial charge in [0.1, 0.15) is 5.32 Å². The third-order valence-corrected chi connectivity index (χ3v) is 3.48. The molecule has 2 aromatic heterocycles. The van der Waals surface area contributed by atoms with Crippen molar-refractivity contribution in [2.45, 2.75) is 6.54 Å². The molecule has 2 radical (unpaired) electrons. The summed E-state index contributed by atoms with van der Waals surface area (Å²) in [5.74, 6) is 0.675. The molecule has 3 rings (SSSR count). The minimum absolute atomic E-state index is 0.432. The Morgan fingerprint density at radius 1 is 1.05 bits per heavy atom. The highest BCUT2D eigenvalue weighted by atomic mass is 35.5. The van der Waals surface area contributed by atoms with Gasteiger partial charge >= 0.3 is 5.82 Å². The van der Waals surface area contributed by atoms with Gasteiger partial charge in [-0.1, -0.05) is 35.3 Å². The molecule has 3 nitrogen and oxygen atoms in total. The minimum atomic E-state index is 0.432. The molecule has 0 saturated heterocycles. The number of benzene rings is 1. The van der Waals surface area contributed by atoms with E-state index in [4.69, 9.17) is 23.2 Å². The van der Waals surface area contributed by atoms with Crippen LogP contribution >= 0.6 is 23.2 Å². The molecule has 0 aliphatic rings. The molecular formula is C15H10Cl2N3+. The Morgan fingerprint density at radius 3 is 2.75 bits per heavy atom. The Morgan fingerprint density at radius 2 is 1.95 bits per heavy atom. The van der Waals surface area contributed by atoms with E-state index in [1.165, 1.54) is 0 Å². The summed E-state index contributed by atoms with van der Waals surface area (Å²) in [6.45, 7) is 0.432. The first-order chi connectivity index (χ1) is 9.74. The number of nitrogens with zero attached hydrogens (tertiary/aromatic N) is 3. The Bertz CT molecular complexity index is 745. The number of hydrogen-bond acceptors (Lipinski definition) is 2. The molecule has 0 spiro atoms. The fourth-order valence-electron chi connectivity index (χ4n) is 1.97. The summed E-state index contributed by atoms with van der Waals surface area (Å²) < 4.78 is 0. The lowest BCUT2D eigenvalue weighted by Crippen LogP contribution is -2.02. The lowest BCUT2D eigenvalue weighted by Gasteiger charge is -2.03. The average Bonchev–Trinajstić information content (AvgIpc) is 2.47. The van der Waals surface area contributed by atoms with Gasteiger partial charge < -0.3 is 0 Å². The van der Waals surface area contributed by atoms with E-state index in [0.29, 0.717) is 22.4 Å². The second-order valence-corrected chi connectivity index (χ2v) is 5.10. The van der Waals surface area contributed by atoms with Crippen LogP contribution in [-0.2, 0) is 6.54 Å². The van der Waals surface area contributed by atoms with Crippen molar-refractivity contribution in [2.75, 3.05) is 0 Å². The molecular weight excluding hydrogens is 293 g/mol. The smallest absolute Gasteiger partial charge is 0.254 e. The molecule has 0 atom stereocenters. The zero-order chi connectivity index (χ0) is 13.9. The van der Waals surface area contributed by atoms with Gasteiger partial charge in [-0.25, -0.2) is 0 Å². The molecule has 3 aromatic rings. The maximum Gasteiger partial charge on any atom is 0.339 e. The minimum Gasteiger partial charge on any atom is -0.254 e. The van der Waals surface area contributed by atoms with E-state index in [0.717, 1.165) is 16.5 Å². The van der Waals surface area contributed by atoms with Gasteiger partial charge in [0.2, 0.25) is 6.54 Å². The monoisotopic (exact) mass is 302 g/mol. The second-order valence-electron chi connectivity index (χ2n) is 4.26. The Labute approximate surface area is 126 Å². The summed E-state index contributed by atoms with van der Waals surface area (Å²) in [7, 11) is 0. The highest BCUT2D eigenvalue weighted by Crippen LogP contribution is 2.27. The third-order valence-electron chi connectivity index (χ3n) is 2.92. The molecule has 98 valence electrons. The van der Waals surface area contributed by atoms with Crippen LogP contribution in [0.15, 0.2) is 48.8 Å². The Hall–Kier alpha value is -1.68. The van der Waals surface area contributed by atoms with Crippen molar-refractivity contribution in [1.29, 1.82) is 0 Å². The normalized spacial score (nSPS) is 10.9. The highest BCUT2D eigenvalue weighted by Gasteiger charge is 2.17. The van der Waals surface area contributed by atoms with E-state index in [1.54, 1.807) is 12.4 Å². The number of pyridine rings is 2. The van der Waals surface area contributed by atoms with Crippen LogP contribution in [-0.4, -0.2) is 9.97 Å². The number of fused-ring (bicyclic) bond motifs is 1. The summed E-state index contributed by atoms with van der Waals surface area (Å²) in [4.78, 5) is 8.52. The van der Waals surface area contributed by atoms with Gasteiger partial charge in [0.05, 0.1) is 21.1 Å². The van der Waals surface area contributed by atoms with E-state index >= 15 is 0 Å². The molecule has 1 aromatic carbocycles. The lowest BCUT2D eigenvalue weighted by atomic mass is 10.1. The van der Waals surface area contributed by atoms with Crippen LogP contribution in [0, 0.1) is 0 Å². The summed E-state index contributed by atoms with van der Waals surface area (Å²) in [5.41, 5.74) is 1.70. The SMILES string of the molecule is Clc1cnc2c(C[N+]c3ccccn3)c(Cl)ccc2c1. The van der Waals surface area contributed by atoms with Crippen molar-refractivity contribution < 1.29 is 0 Å². The van der Waals surface area contributed by atoms with E-state index < -0.39 is 0 Å². The van der Waals surface area contributed by atoms with Crippen LogP contribution in [0.5, 0.6) is 0 Å². The van der Waals surface area contributed by atoms with E-state index in [1.807, 2.05) is 36.4 Å². The molecule has 20 heavy (non-hydrogen) atoms. The fourth-order valence-corrected chi connectivity index (χ4v) is 2.35. The zero-order valence-corrected chi connectivity index (χ0v) is 11.9. The van der Waals surface area contributed by atoms with Gasteiger partial charge in [0.15, 0.2) is 0 Å². The largest absolute Gasteiger partial charge is 0.339 e. The average molecular weight is 303 g/mol. The van der Waals surface area contributed by atoms with E-state index in [-0.39, 0.29) is 0 Å². The van der Waals surface area contributed by atoms with E-state index in [2.05, 4.69) is 15.3 Å². The molecule has 0 fully saturated rings. The van der Waals surface area contributed by atoms with Crippen LogP contribution in [0.3, 0.4) is 0 Å². The van der Waals surface area contributed by atoms with Crippen molar-refractivity contribution >= 4 is 39.9 Å². The first kappa shape index (κ1) is 13.3. The molecule has 2 heterocycles. The quantitative estimate of drug-likeness (QED) is 0.720. The van der Waals surface area contributed by atoms with Crippen LogP contribution in [0.2, 0.25) is 10.0 Å². The molecule has 0 bridgehead atoms. The first-order valence-corrected chi connectivity index (χ1v) is 6.81. The topological polar surface area (TPSA) is 39.9 Å². The van der Waals surface area contributed by atoms with Crippen molar-refractivity contribution in [1.82, 2.24) is 15.3 Å². The first-order valence-electron chi connectivity index (χ1n) is 6.05. The van der Waals surface area contributed by atoms with Crippen LogP contribution < -0.4 is 5.32 Å². The molecule has 0 N–H and O–H groups in total. The van der Waals surface area contributed by atoms with Crippen molar-refractivity contribution in [3.8, 4) is 0 Å². The van der Waals surface area contributed by atoms with Crippen molar-refractivity contribution in [3.63, 3.8) is 0 Å². The number of rotatable bonds is 3. The summed E-state index contributed by atoms with van der Waals surface area (Å²) in [5, 5.41) is 6.64.